The van der Waals surface area contributed by atoms with Gasteiger partial charge < -0.3 is 42.3 Å². The number of aliphatic hydroxyl groups excluding tert-OH is 2. The van der Waals surface area contributed by atoms with Crippen LogP contribution >= 0.6 is 0 Å². The number of carboxylic acids is 1. The van der Waals surface area contributed by atoms with Crippen molar-refractivity contribution in [3.05, 3.63) is 35.9 Å². The van der Waals surface area contributed by atoms with Gasteiger partial charge in [0.2, 0.25) is 23.6 Å². The number of hydrogen-bond donors (Lipinski definition) is 8. The molecule has 0 bridgehead atoms. The van der Waals surface area contributed by atoms with Crippen LogP contribution in [-0.2, 0) is 30.4 Å². The van der Waals surface area contributed by atoms with Crippen molar-refractivity contribution in [3.63, 3.8) is 0 Å². The van der Waals surface area contributed by atoms with E-state index in [2.05, 4.69) is 21.3 Å². The lowest BCUT2D eigenvalue weighted by atomic mass is 10.0. The van der Waals surface area contributed by atoms with Gasteiger partial charge in [-0.15, -0.1) is 0 Å². The van der Waals surface area contributed by atoms with E-state index < -0.39 is 73.5 Å². The third-order valence-electron chi connectivity index (χ3n) is 5.07. The fourth-order valence-corrected chi connectivity index (χ4v) is 3.21. The molecule has 1 rings (SSSR count). The molecular weight excluding hydrogens is 474 g/mol. The van der Waals surface area contributed by atoms with E-state index in [1.54, 1.807) is 44.2 Å². The molecule has 1 aromatic rings. The van der Waals surface area contributed by atoms with Crippen LogP contribution in [0.3, 0.4) is 0 Å². The predicted molar refractivity (Wildman–Crippen MR) is 128 cm³/mol. The number of amides is 4. The average Bonchev–Trinajstić information content (AvgIpc) is 2.84. The number of carbonyl (C=O) groups excluding carboxylic acids is 4. The van der Waals surface area contributed by atoms with Gasteiger partial charge in [-0.05, 0) is 17.9 Å². The molecular formula is C23H35N5O8. The molecule has 0 aliphatic rings. The zero-order valence-corrected chi connectivity index (χ0v) is 20.3. The Kier molecular flexibility index (Phi) is 13.1. The summed E-state index contributed by atoms with van der Waals surface area (Å²) >= 11 is 0. The summed E-state index contributed by atoms with van der Waals surface area (Å²) in [4.78, 5) is 61.2. The largest absolute Gasteiger partial charge is 0.480 e. The van der Waals surface area contributed by atoms with Crippen molar-refractivity contribution in [2.24, 2.45) is 11.7 Å². The van der Waals surface area contributed by atoms with Crippen molar-refractivity contribution in [2.45, 2.75) is 50.9 Å². The number of nitrogens with one attached hydrogen (secondary N) is 4. The molecule has 13 nitrogen and oxygen atoms in total. The van der Waals surface area contributed by atoms with Gasteiger partial charge in [0.15, 0.2) is 0 Å². The molecule has 9 N–H and O–H groups in total. The van der Waals surface area contributed by atoms with Gasteiger partial charge in [-0.25, -0.2) is 4.79 Å². The fourth-order valence-electron chi connectivity index (χ4n) is 3.21. The van der Waals surface area contributed by atoms with Crippen LogP contribution in [0.15, 0.2) is 30.3 Å². The molecule has 0 spiro atoms. The molecule has 0 saturated carbocycles. The monoisotopic (exact) mass is 509 g/mol. The van der Waals surface area contributed by atoms with E-state index in [9.17, 15) is 39.3 Å². The quantitative estimate of drug-likeness (QED) is 0.123. The maximum atomic E-state index is 13.0. The van der Waals surface area contributed by atoms with E-state index in [0.29, 0.717) is 5.56 Å². The normalized spacial score (nSPS) is 14.2. The number of aliphatic carboxylic acids is 1. The minimum Gasteiger partial charge on any atom is -0.480 e. The number of nitrogens with two attached hydrogens (primary N) is 1. The molecule has 4 atom stereocenters. The minimum atomic E-state index is -1.53. The van der Waals surface area contributed by atoms with Crippen LogP contribution in [0, 0.1) is 5.92 Å². The van der Waals surface area contributed by atoms with Crippen molar-refractivity contribution >= 4 is 29.6 Å². The third-order valence-corrected chi connectivity index (χ3v) is 5.07. The Bertz CT molecular complexity index is 896. The van der Waals surface area contributed by atoms with Gasteiger partial charge in [-0.1, -0.05) is 44.2 Å². The molecule has 0 saturated heterocycles. The molecule has 36 heavy (non-hydrogen) atoms. The van der Waals surface area contributed by atoms with Crippen LogP contribution in [0.2, 0.25) is 0 Å². The summed E-state index contributed by atoms with van der Waals surface area (Å²) in [6.45, 7) is 1.52. The van der Waals surface area contributed by atoms with Gasteiger partial charge in [0.25, 0.3) is 0 Å². The van der Waals surface area contributed by atoms with Gasteiger partial charge in [0.05, 0.1) is 19.8 Å². The summed E-state index contributed by atoms with van der Waals surface area (Å²) < 4.78 is 0. The number of benzene rings is 1. The second-order valence-corrected chi connectivity index (χ2v) is 8.53. The molecule has 0 aliphatic heterocycles. The van der Waals surface area contributed by atoms with Crippen molar-refractivity contribution in [2.75, 3.05) is 19.8 Å². The molecule has 0 heterocycles. The lowest BCUT2D eigenvalue weighted by molar-refractivity contribution is -0.142. The summed E-state index contributed by atoms with van der Waals surface area (Å²) in [5.74, 6) is -4.62. The van der Waals surface area contributed by atoms with Crippen LogP contribution in [-0.4, -0.2) is 88.8 Å². The molecule has 0 radical (unpaired) electrons. The molecule has 0 aromatic heterocycles. The summed E-state index contributed by atoms with van der Waals surface area (Å²) in [5, 5.41) is 37.7. The standard InChI is InChI=1S/C23H35N5O8/c1-13(2)8-16(23(35)36)27-20(32)15(9-14-6-4-3-5-7-14)26-22(34)18(12-30)28-21(33)17(11-29)25-19(31)10-24/h3-7,13,15-18,29-30H,8-12,24H2,1-2H3,(H,25,31)(H,26,34)(H,27,32)(H,28,33)(H,35,36)/t15-,16-,17-,18-/m0/s1. The van der Waals surface area contributed by atoms with Gasteiger partial charge in [-0.2, -0.15) is 0 Å². The Balaban J connectivity index is 3.03. The van der Waals surface area contributed by atoms with E-state index in [4.69, 9.17) is 5.73 Å². The fraction of sp³-hybridized carbons (Fsp3) is 0.522. The van der Waals surface area contributed by atoms with Crippen LogP contribution < -0.4 is 27.0 Å². The predicted octanol–water partition coefficient (Wildman–Crippen LogP) is -2.76. The Morgan fingerprint density at radius 2 is 1.25 bits per heavy atom. The Labute approximate surface area is 208 Å². The topological polar surface area (TPSA) is 220 Å². The average molecular weight is 510 g/mol. The minimum absolute atomic E-state index is 0.00431. The first-order valence-electron chi connectivity index (χ1n) is 11.4. The van der Waals surface area contributed by atoms with Crippen molar-refractivity contribution in [1.29, 1.82) is 0 Å². The SMILES string of the molecule is CC(C)C[C@H](NC(=O)[C@H](Cc1ccccc1)NC(=O)[C@H](CO)NC(=O)[C@H](CO)NC(=O)CN)C(=O)O. The Hall–Kier alpha value is -3.55. The summed E-state index contributed by atoms with van der Waals surface area (Å²) in [6, 6.07) is 3.29. The zero-order valence-electron chi connectivity index (χ0n) is 20.3. The molecule has 200 valence electrons. The van der Waals surface area contributed by atoms with E-state index in [-0.39, 0.29) is 18.8 Å². The highest BCUT2D eigenvalue weighted by Gasteiger charge is 2.31. The molecule has 0 aliphatic carbocycles. The molecule has 4 amide bonds. The van der Waals surface area contributed by atoms with Gasteiger partial charge in [0, 0.05) is 6.42 Å². The maximum Gasteiger partial charge on any atom is 0.326 e. The highest BCUT2D eigenvalue weighted by Crippen LogP contribution is 2.08. The first-order chi connectivity index (χ1) is 17.0. The molecule has 1 aromatic carbocycles. The van der Waals surface area contributed by atoms with Crippen LogP contribution in [0.5, 0.6) is 0 Å². The zero-order chi connectivity index (χ0) is 27.3. The summed E-state index contributed by atoms with van der Waals surface area (Å²) in [6.07, 6.45) is 0.170. The van der Waals surface area contributed by atoms with E-state index >= 15 is 0 Å². The molecule has 13 heteroatoms. The number of carboxylic acid groups (broad SMARTS) is 1. The van der Waals surface area contributed by atoms with Gasteiger partial charge in [-0.3, -0.25) is 19.2 Å². The Morgan fingerprint density at radius 3 is 1.72 bits per heavy atom. The third kappa shape index (κ3) is 10.4. The highest BCUT2D eigenvalue weighted by molar-refractivity contribution is 5.95. The second kappa shape index (κ2) is 15.4. The van der Waals surface area contributed by atoms with Crippen molar-refractivity contribution in [1.82, 2.24) is 21.3 Å². The van der Waals surface area contributed by atoms with Crippen molar-refractivity contribution in [3.8, 4) is 0 Å². The van der Waals surface area contributed by atoms with Crippen LogP contribution in [0.4, 0.5) is 0 Å². The van der Waals surface area contributed by atoms with Crippen LogP contribution in [0.1, 0.15) is 25.8 Å². The van der Waals surface area contributed by atoms with E-state index in [0.717, 1.165) is 0 Å². The summed E-state index contributed by atoms with van der Waals surface area (Å²) in [5.41, 5.74) is 5.84. The lowest BCUT2D eigenvalue weighted by Crippen LogP contribution is -2.59. The van der Waals surface area contributed by atoms with Crippen LogP contribution in [0.25, 0.3) is 0 Å². The highest BCUT2D eigenvalue weighted by atomic mass is 16.4. The Morgan fingerprint density at radius 1 is 0.778 bits per heavy atom. The number of carbonyl (C=O) groups is 5. The van der Waals surface area contributed by atoms with Gasteiger partial charge in [0.1, 0.15) is 24.2 Å². The van der Waals surface area contributed by atoms with E-state index in [1.807, 2.05) is 0 Å². The summed E-state index contributed by atoms with van der Waals surface area (Å²) in [7, 11) is 0. The number of hydrogen-bond acceptors (Lipinski definition) is 8. The first-order valence-corrected chi connectivity index (χ1v) is 11.4. The maximum absolute atomic E-state index is 13.0. The smallest absolute Gasteiger partial charge is 0.326 e. The van der Waals surface area contributed by atoms with Crippen molar-refractivity contribution < 1.29 is 39.3 Å². The first kappa shape index (κ1) is 30.5. The number of rotatable bonds is 15. The molecule has 0 unspecified atom stereocenters. The molecule has 0 fully saturated rings. The number of aliphatic hydroxyl groups is 2. The second-order valence-electron chi connectivity index (χ2n) is 8.53. The van der Waals surface area contributed by atoms with Gasteiger partial charge >= 0.3 is 5.97 Å². The lowest BCUT2D eigenvalue weighted by Gasteiger charge is -2.25. The van der Waals surface area contributed by atoms with E-state index in [1.165, 1.54) is 0 Å².